The molecule has 0 unspecified atom stereocenters. The van der Waals surface area contributed by atoms with E-state index >= 15 is 0 Å². The zero-order valence-electron chi connectivity index (χ0n) is 8.43. The molecule has 0 amide bonds. The predicted molar refractivity (Wildman–Crippen MR) is 56.5 cm³/mol. The molecule has 1 heterocycles. The van der Waals surface area contributed by atoms with Crippen molar-refractivity contribution in [2.45, 2.75) is 0 Å². The molecule has 5 nitrogen and oxygen atoms in total. The number of hydrogen-bond acceptors (Lipinski definition) is 3. The normalized spacial score (nSPS) is 10.2. The summed E-state index contributed by atoms with van der Waals surface area (Å²) in [7, 11) is 0. The van der Waals surface area contributed by atoms with Crippen LogP contribution in [-0.4, -0.2) is 9.60 Å². The van der Waals surface area contributed by atoms with Crippen LogP contribution in [0.15, 0.2) is 36.7 Å². The lowest BCUT2D eigenvalue weighted by Gasteiger charge is -2.08. The van der Waals surface area contributed by atoms with Gasteiger partial charge in [-0.2, -0.15) is 4.39 Å². The third-order valence-corrected chi connectivity index (χ3v) is 2.06. The molecular formula is C10H7F2N3O2. The van der Waals surface area contributed by atoms with E-state index in [1.807, 2.05) is 0 Å². The molecule has 1 aromatic carbocycles. The summed E-state index contributed by atoms with van der Waals surface area (Å²) >= 11 is 0. The topological polar surface area (TPSA) is 60.1 Å². The molecule has 17 heavy (non-hydrogen) atoms. The number of anilines is 1. The molecule has 0 atom stereocenters. The van der Waals surface area contributed by atoms with Crippen LogP contribution >= 0.6 is 0 Å². The molecule has 0 aliphatic rings. The van der Waals surface area contributed by atoms with E-state index < -0.39 is 22.2 Å². The molecule has 0 saturated heterocycles. The van der Waals surface area contributed by atoms with Crippen LogP contribution in [0.2, 0.25) is 0 Å². The lowest BCUT2D eigenvalue weighted by Crippen LogP contribution is -2.09. The SMILES string of the molecule is O=[N+]([O-])c1c(F)cc(F)cc1Nn1cccc1. The fourth-order valence-electron chi connectivity index (χ4n) is 1.38. The van der Waals surface area contributed by atoms with Crippen LogP contribution in [-0.2, 0) is 0 Å². The fourth-order valence-corrected chi connectivity index (χ4v) is 1.38. The van der Waals surface area contributed by atoms with Gasteiger partial charge in [-0.25, -0.2) is 4.39 Å². The van der Waals surface area contributed by atoms with Gasteiger partial charge in [0.2, 0.25) is 5.82 Å². The van der Waals surface area contributed by atoms with E-state index in [1.165, 1.54) is 4.68 Å². The summed E-state index contributed by atoms with van der Waals surface area (Å²) in [5.74, 6) is -2.10. The van der Waals surface area contributed by atoms with Crippen molar-refractivity contribution in [3.8, 4) is 0 Å². The Morgan fingerprint density at radius 2 is 1.88 bits per heavy atom. The summed E-state index contributed by atoms with van der Waals surface area (Å²) < 4.78 is 27.6. The highest BCUT2D eigenvalue weighted by molar-refractivity contribution is 5.62. The van der Waals surface area contributed by atoms with Crippen molar-refractivity contribution in [3.05, 3.63) is 58.4 Å². The first kappa shape index (κ1) is 11.1. The summed E-state index contributed by atoms with van der Waals surface area (Å²) in [6.45, 7) is 0. The molecule has 0 saturated carbocycles. The molecule has 88 valence electrons. The molecule has 0 aliphatic carbocycles. The van der Waals surface area contributed by atoms with Gasteiger partial charge in [0, 0.05) is 24.5 Å². The van der Waals surface area contributed by atoms with Gasteiger partial charge >= 0.3 is 5.69 Å². The van der Waals surface area contributed by atoms with E-state index in [2.05, 4.69) is 5.43 Å². The number of nitrogens with one attached hydrogen (secondary N) is 1. The Kier molecular flexibility index (Phi) is 2.73. The molecule has 1 aromatic heterocycles. The summed E-state index contributed by atoms with van der Waals surface area (Å²) in [5, 5.41) is 10.7. The van der Waals surface area contributed by atoms with Gasteiger partial charge in [0.25, 0.3) is 0 Å². The molecular weight excluding hydrogens is 232 g/mol. The Hall–Kier alpha value is -2.44. The molecule has 7 heteroatoms. The monoisotopic (exact) mass is 239 g/mol. The van der Waals surface area contributed by atoms with E-state index in [4.69, 9.17) is 0 Å². The lowest BCUT2D eigenvalue weighted by molar-refractivity contribution is -0.386. The van der Waals surface area contributed by atoms with Gasteiger partial charge in [-0.1, -0.05) is 0 Å². The van der Waals surface area contributed by atoms with Gasteiger partial charge in [0.1, 0.15) is 11.5 Å². The largest absolute Gasteiger partial charge is 0.329 e. The molecule has 0 spiro atoms. The second-order valence-corrected chi connectivity index (χ2v) is 3.24. The van der Waals surface area contributed by atoms with Crippen LogP contribution in [0, 0.1) is 21.7 Å². The number of hydrogen-bond donors (Lipinski definition) is 1. The average molecular weight is 239 g/mol. The highest BCUT2D eigenvalue weighted by atomic mass is 19.1. The van der Waals surface area contributed by atoms with Crippen LogP contribution < -0.4 is 5.43 Å². The maximum Gasteiger partial charge on any atom is 0.329 e. The summed E-state index contributed by atoms with van der Waals surface area (Å²) in [5.41, 5.74) is 1.47. The maximum atomic E-state index is 13.3. The second-order valence-electron chi connectivity index (χ2n) is 3.24. The van der Waals surface area contributed by atoms with Gasteiger partial charge < -0.3 is 0 Å². The molecule has 2 rings (SSSR count). The number of nitro benzene ring substituents is 1. The lowest BCUT2D eigenvalue weighted by atomic mass is 10.2. The first-order valence-electron chi connectivity index (χ1n) is 4.61. The van der Waals surface area contributed by atoms with E-state index in [-0.39, 0.29) is 5.69 Å². The minimum Gasteiger partial charge on any atom is -0.288 e. The van der Waals surface area contributed by atoms with Gasteiger partial charge in [0.05, 0.1) is 4.92 Å². The van der Waals surface area contributed by atoms with E-state index in [0.717, 1.165) is 6.07 Å². The molecule has 0 radical (unpaired) electrons. The number of benzene rings is 1. The maximum absolute atomic E-state index is 13.3. The highest BCUT2D eigenvalue weighted by Gasteiger charge is 2.22. The Bertz CT molecular complexity index is 555. The number of nitro groups is 1. The average Bonchev–Trinajstić information content (AvgIpc) is 2.68. The van der Waals surface area contributed by atoms with Crippen molar-refractivity contribution in [2.24, 2.45) is 0 Å². The van der Waals surface area contributed by atoms with E-state index in [0.29, 0.717) is 6.07 Å². The Labute approximate surface area is 94.4 Å². The minimum atomic E-state index is -1.22. The third-order valence-electron chi connectivity index (χ3n) is 2.06. The smallest absolute Gasteiger partial charge is 0.288 e. The van der Waals surface area contributed by atoms with Crippen molar-refractivity contribution >= 4 is 11.4 Å². The fraction of sp³-hybridized carbons (Fsp3) is 0. The summed E-state index contributed by atoms with van der Waals surface area (Å²) in [6.07, 6.45) is 3.10. The summed E-state index contributed by atoms with van der Waals surface area (Å²) in [4.78, 5) is 9.77. The van der Waals surface area contributed by atoms with Crippen molar-refractivity contribution in [3.63, 3.8) is 0 Å². The molecule has 0 fully saturated rings. The quantitative estimate of drug-likeness (QED) is 0.661. The molecule has 0 aliphatic heterocycles. The van der Waals surface area contributed by atoms with Crippen LogP contribution in [0.1, 0.15) is 0 Å². The van der Waals surface area contributed by atoms with Gasteiger partial charge in [-0.3, -0.25) is 20.2 Å². The van der Waals surface area contributed by atoms with E-state index in [9.17, 15) is 18.9 Å². The van der Waals surface area contributed by atoms with Crippen molar-refractivity contribution in [2.75, 3.05) is 5.43 Å². The van der Waals surface area contributed by atoms with Crippen molar-refractivity contribution < 1.29 is 13.7 Å². The van der Waals surface area contributed by atoms with Crippen LogP contribution in [0.3, 0.4) is 0 Å². The summed E-state index contributed by atoms with van der Waals surface area (Å²) in [6, 6.07) is 4.66. The second kappa shape index (κ2) is 4.20. The van der Waals surface area contributed by atoms with Crippen molar-refractivity contribution in [1.82, 2.24) is 4.68 Å². The zero-order valence-corrected chi connectivity index (χ0v) is 8.43. The number of rotatable bonds is 3. The van der Waals surface area contributed by atoms with Gasteiger partial charge in [-0.15, -0.1) is 0 Å². The third kappa shape index (κ3) is 2.22. The molecule has 2 aromatic rings. The Morgan fingerprint density at radius 3 is 2.47 bits per heavy atom. The van der Waals surface area contributed by atoms with Crippen LogP contribution in [0.5, 0.6) is 0 Å². The molecule has 1 N–H and O–H groups in total. The molecule has 0 bridgehead atoms. The highest BCUT2D eigenvalue weighted by Crippen LogP contribution is 2.28. The van der Waals surface area contributed by atoms with Crippen LogP contribution in [0.4, 0.5) is 20.2 Å². The standard InChI is InChI=1S/C10H7F2N3O2/c11-7-5-8(12)10(15(16)17)9(6-7)13-14-3-1-2-4-14/h1-6,13H. The predicted octanol–water partition coefficient (Wildman–Crippen LogP) is 2.55. The Morgan fingerprint density at radius 1 is 1.24 bits per heavy atom. The van der Waals surface area contributed by atoms with Gasteiger partial charge in [0.15, 0.2) is 0 Å². The van der Waals surface area contributed by atoms with Crippen LogP contribution in [0.25, 0.3) is 0 Å². The first-order chi connectivity index (χ1) is 8.08. The number of aromatic nitrogens is 1. The zero-order chi connectivity index (χ0) is 12.4. The van der Waals surface area contributed by atoms with Crippen molar-refractivity contribution in [1.29, 1.82) is 0 Å². The number of nitrogens with zero attached hydrogens (tertiary/aromatic N) is 2. The number of halogens is 2. The van der Waals surface area contributed by atoms with Gasteiger partial charge in [-0.05, 0) is 12.1 Å². The first-order valence-corrected chi connectivity index (χ1v) is 4.61. The Balaban J connectivity index is 2.47. The minimum absolute atomic E-state index is 0.247. The van der Waals surface area contributed by atoms with E-state index in [1.54, 1.807) is 24.5 Å².